The van der Waals surface area contributed by atoms with Crippen LogP contribution in [0.1, 0.15) is 26.0 Å². The van der Waals surface area contributed by atoms with Crippen LogP contribution in [-0.2, 0) is 14.6 Å². The summed E-state index contributed by atoms with van der Waals surface area (Å²) in [5.74, 6) is 0.147. The molecule has 0 unspecified atom stereocenters. The first kappa shape index (κ1) is 20.8. The molecule has 2 aromatic rings. The van der Waals surface area contributed by atoms with Crippen molar-refractivity contribution >= 4 is 27.5 Å². The molecule has 28 heavy (non-hydrogen) atoms. The van der Waals surface area contributed by atoms with E-state index in [2.05, 4.69) is 9.97 Å². The maximum absolute atomic E-state index is 13.0. The lowest BCUT2D eigenvalue weighted by molar-refractivity contribution is -0.131. The van der Waals surface area contributed by atoms with Crippen LogP contribution in [0.4, 0.5) is 0 Å². The van der Waals surface area contributed by atoms with Crippen LogP contribution in [0, 0.1) is 6.92 Å². The van der Waals surface area contributed by atoms with Crippen molar-refractivity contribution in [3.05, 3.63) is 42.1 Å². The molecular formula is C20H25N3O3S2. The minimum atomic E-state index is -3.04. The van der Waals surface area contributed by atoms with Gasteiger partial charge in [-0.25, -0.2) is 18.4 Å². The molecule has 0 N–H and O–H groups in total. The molecule has 0 spiro atoms. The highest BCUT2D eigenvalue weighted by Gasteiger charge is 2.35. The molecule has 1 saturated heterocycles. The van der Waals surface area contributed by atoms with E-state index >= 15 is 0 Å². The van der Waals surface area contributed by atoms with Crippen LogP contribution in [0.15, 0.2) is 41.6 Å². The number of amides is 1. The number of aryl methyl sites for hydroxylation is 1. The number of carbonyl (C=O) groups excluding carboxylic acids is 1. The molecule has 3 rings (SSSR count). The fraction of sp³-hybridized carbons (Fsp3) is 0.450. The molecule has 1 amide bonds. The first-order chi connectivity index (χ1) is 13.3. The lowest BCUT2D eigenvalue weighted by atomic mass is 10.1. The topological polar surface area (TPSA) is 80.2 Å². The Hall–Kier alpha value is -1.93. The van der Waals surface area contributed by atoms with E-state index < -0.39 is 15.1 Å². The number of aromatic nitrogens is 2. The fourth-order valence-electron chi connectivity index (χ4n) is 3.41. The predicted octanol–water partition coefficient (Wildman–Crippen LogP) is 2.97. The van der Waals surface area contributed by atoms with E-state index in [1.165, 1.54) is 11.8 Å². The molecule has 0 bridgehead atoms. The molecule has 0 radical (unpaired) electrons. The second-order valence-corrected chi connectivity index (χ2v) is 10.5. The van der Waals surface area contributed by atoms with E-state index in [4.69, 9.17) is 0 Å². The third-order valence-electron chi connectivity index (χ3n) is 4.81. The van der Waals surface area contributed by atoms with Crippen molar-refractivity contribution in [2.75, 3.05) is 18.1 Å². The van der Waals surface area contributed by atoms with Gasteiger partial charge in [0.05, 0.1) is 22.4 Å². The molecule has 6 nitrogen and oxygen atoms in total. The normalized spacial score (nSPS) is 19.3. The van der Waals surface area contributed by atoms with Crippen molar-refractivity contribution in [2.24, 2.45) is 0 Å². The van der Waals surface area contributed by atoms with Crippen LogP contribution < -0.4 is 0 Å². The lowest BCUT2D eigenvalue weighted by Gasteiger charge is -2.29. The molecular weight excluding hydrogens is 394 g/mol. The van der Waals surface area contributed by atoms with Crippen LogP contribution in [0.25, 0.3) is 11.3 Å². The summed E-state index contributed by atoms with van der Waals surface area (Å²) in [5, 5.41) is 0.156. The molecule has 1 aromatic carbocycles. The molecule has 1 aliphatic rings. The summed E-state index contributed by atoms with van der Waals surface area (Å²) >= 11 is 1.31. The van der Waals surface area contributed by atoms with Gasteiger partial charge in [0.25, 0.3) is 0 Å². The third kappa shape index (κ3) is 4.91. The van der Waals surface area contributed by atoms with Crippen molar-refractivity contribution in [1.82, 2.24) is 14.9 Å². The smallest absolute Gasteiger partial charge is 0.236 e. The Labute approximate surface area is 170 Å². The largest absolute Gasteiger partial charge is 0.338 e. The monoisotopic (exact) mass is 419 g/mol. The summed E-state index contributed by atoms with van der Waals surface area (Å²) in [4.78, 5) is 23.8. The molecule has 150 valence electrons. The Balaban J connectivity index is 1.75. The van der Waals surface area contributed by atoms with Crippen LogP contribution in [0.3, 0.4) is 0 Å². The first-order valence-corrected chi connectivity index (χ1v) is 12.1. The summed E-state index contributed by atoms with van der Waals surface area (Å²) in [6, 6.07) is 11.5. The van der Waals surface area contributed by atoms with E-state index in [9.17, 15) is 13.2 Å². The number of carbonyl (C=O) groups is 1. The van der Waals surface area contributed by atoms with Crippen LogP contribution in [-0.4, -0.2) is 58.5 Å². The van der Waals surface area contributed by atoms with Crippen LogP contribution in [0.2, 0.25) is 0 Å². The molecule has 1 aliphatic heterocycles. The van der Waals surface area contributed by atoms with Crippen molar-refractivity contribution < 1.29 is 13.2 Å². The van der Waals surface area contributed by atoms with Gasteiger partial charge in [0.2, 0.25) is 5.91 Å². The maximum atomic E-state index is 13.0. The Morgan fingerprint density at radius 3 is 2.61 bits per heavy atom. The van der Waals surface area contributed by atoms with Gasteiger partial charge >= 0.3 is 0 Å². The third-order valence-corrected chi connectivity index (χ3v) is 7.51. The molecule has 0 aliphatic carbocycles. The predicted molar refractivity (Wildman–Crippen MR) is 112 cm³/mol. The number of sulfone groups is 1. The highest BCUT2D eigenvalue weighted by Crippen LogP contribution is 2.27. The highest BCUT2D eigenvalue weighted by atomic mass is 32.2. The highest BCUT2D eigenvalue weighted by molar-refractivity contribution is 8.00. The zero-order valence-corrected chi connectivity index (χ0v) is 18.0. The van der Waals surface area contributed by atoms with Crippen LogP contribution in [0.5, 0.6) is 0 Å². The zero-order valence-electron chi connectivity index (χ0n) is 16.3. The van der Waals surface area contributed by atoms with Crippen LogP contribution >= 0.6 is 11.8 Å². The van der Waals surface area contributed by atoms with E-state index in [1.54, 1.807) is 4.90 Å². The summed E-state index contributed by atoms with van der Waals surface area (Å²) in [7, 11) is -3.04. The standard InChI is InChI=1S/C20H25N3O3S2/c1-4-23(17-10-11-28(25,26)13-17)19(24)15(3)27-20-21-14(2)12-18(22-20)16-8-6-5-7-9-16/h5-9,12,15,17H,4,10-11,13H2,1-3H3/t15-,17+/m1/s1. The minimum absolute atomic E-state index is 0.0586. The molecule has 2 heterocycles. The maximum Gasteiger partial charge on any atom is 0.236 e. The van der Waals surface area contributed by atoms with Gasteiger partial charge in [-0.05, 0) is 33.3 Å². The van der Waals surface area contributed by atoms with Crippen molar-refractivity contribution in [1.29, 1.82) is 0 Å². The van der Waals surface area contributed by atoms with Gasteiger partial charge in [0, 0.05) is 23.8 Å². The van der Waals surface area contributed by atoms with E-state index in [0.29, 0.717) is 18.1 Å². The average Bonchev–Trinajstić information content (AvgIpc) is 3.02. The second kappa shape index (κ2) is 8.61. The SMILES string of the molecule is CCN(C(=O)[C@@H](C)Sc1nc(C)cc(-c2ccccc2)n1)[C@H]1CCS(=O)(=O)C1. The van der Waals surface area contributed by atoms with Gasteiger partial charge in [-0.15, -0.1) is 0 Å². The van der Waals surface area contributed by atoms with E-state index in [1.807, 2.05) is 57.2 Å². The fourth-order valence-corrected chi connectivity index (χ4v) is 6.04. The van der Waals surface area contributed by atoms with Gasteiger partial charge in [0.1, 0.15) is 0 Å². The molecule has 1 aromatic heterocycles. The van der Waals surface area contributed by atoms with E-state index in [-0.39, 0.29) is 23.5 Å². The second-order valence-electron chi connectivity index (χ2n) is 6.98. The number of benzene rings is 1. The number of hydrogen-bond acceptors (Lipinski definition) is 6. The number of thioether (sulfide) groups is 1. The van der Waals surface area contributed by atoms with Gasteiger partial charge in [-0.3, -0.25) is 4.79 Å². The Morgan fingerprint density at radius 1 is 1.29 bits per heavy atom. The Kier molecular flexibility index (Phi) is 6.40. The Morgan fingerprint density at radius 2 is 2.00 bits per heavy atom. The Bertz CT molecular complexity index is 948. The molecule has 0 saturated carbocycles. The van der Waals surface area contributed by atoms with Gasteiger partial charge in [-0.1, -0.05) is 42.1 Å². The van der Waals surface area contributed by atoms with Crippen molar-refractivity contribution in [2.45, 2.75) is 43.6 Å². The van der Waals surface area contributed by atoms with Gasteiger partial charge in [-0.2, -0.15) is 0 Å². The minimum Gasteiger partial charge on any atom is -0.338 e. The van der Waals surface area contributed by atoms with Crippen molar-refractivity contribution in [3.8, 4) is 11.3 Å². The van der Waals surface area contributed by atoms with Gasteiger partial charge in [0.15, 0.2) is 15.0 Å². The average molecular weight is 420 g/mol. The van der Waals surface area contributed by atoms with Gasteiger partial charge < -0.3 is 4.90 Å². The molecule has 1 fully saturated rings. The summed E-state index contributed by atoms with van der Waals surface area (Å²) in [5.41, 5.74) is 2.66. The molecule has 8 heteroatoms. The first-order valence-electron chi connectivity index (χ1n) is 9.37. The zero-order chi connectivity index (χ0) is 20.3. The summed E-state index contributed by atoms with van der Waals surface area (Å²) < 4.78 is 23.6. The number of rotatable bonds is 6. The van der Waals surface area contributed by atoms with E-state index in [0.717, 1.165) is 17.0 Å². The number of nitrogens with zero attached hydrogens (tertiary/aromatic N) is 3. The van der Waals surface area contributed by atoms with Crippen molar-refractivity contribution in [3.63, 3.8) is 0 Å². The summed E-state index contributed by atoms with van der Waals surface area (Å²) in [6.45, 7) is 6.12. The quantitative estimate of drug-likeness (QED) is 0.529. The summed E-state index contributed by atoms with van der Waals surface area (Å²) in [6.07, 6.45) is 0.512. The number of hydrogen-bond donors (Lipinski definition) is 0. The molecule has 2 atom stereocenters. The lowest BCUT2D eigenvalue weighted by Crippen LogP contribution is -2.44.